The van der Waals surface area contributed by atoms with E-state index in [1.807, 2.05) is 18.2 Å². The van der Waals surface area contributed by atoms with Crippen molar-refractivity contribution in [3.05, 3.63) is 36.4 Å². The van der Waals surface area contributed by atoms with Crippen molar-refractivity contribution in [1.82, 2.24) is 4.98 Å². The monoisotopic (exact) mass is 272 g/mol. The maximum absolute atomic E-state index is 11.7. The summed E-state index contributed by atoms with van der Waals surface area (Å²) in [5, 5.41) is 0. The van der Waals surface area contributed by atoms with Gasteiger partial charge in [-0.1, -0.05) is 12.1 Å². The SMILES string of the molecule is COC(=O)c1ncoc1-c1cccc(N2CCCC2)c1. The zero-order chi connectivity index (χ0) is 13.9. The quantitative estimate of drug-likeness (QED) is 0.804. The predicted molar refractivity (Wildman–Crippen MR) is 74.7 cm³/mol. The number of ether oxygens (including phenoxy) is 1. The molecule has 3 rings (SSSR count). The van der Waals surface area contributed by atoms with E-state index in [0.717, 1.165) is 24.3 Å². The van der Waals surface area contributed by atoms with Crippen molar-refractivity contribution >= 4 is 11.7 Å². The minimum absolute atomic E-state index is 0.214. The van der Waals surface area contributed by atoms with Gasteiger partial charge >= 0.3 is 5.97 Å². The number of esters is 1. The molecule has 5 heteroatoms. The van der Waals surface area contributed by atoms with Gasteiger partial charge in [0, 0.05) is 24.3 Å². The van der Waals surface area contributed by atoms with E-state index >= 15 is 0 Å². The summed E-state index contributed by atoms with van der Waals surface area (Å²) in [6, 6.07) is 7.97. The van der Waals surface area contributed by atoms with E-state index in [2.05, 4.69) is 16.0 Å². The van der Waals surface area contributed by atoms with Gasteiger partial charge < -0.3 is 14.1 Å². The number of carbonyl (C=O) groups excluding carboxylic acids is 1. The molecule has 0 spiro atoms. The van der Waals surface area contributed by atoms with E-state index < -0.39 is 5.97 Å². The number of anilines is 1. The average molecular weight is 272 g/mol. The average Bonchev–Trinajstić information content (AvgIpc) is 3.17. The van der Waals surface area contributed by atoms with Gasteiger partial charge in [-0.15, -0.1) is 0 Å². The number of hydrogen-bond acceptors (Lipinski definition) is 5. The fourth-order valence-corrected chi connectivity index (χ4v) is 2.51. The van der Waals surface area contributed by atoms with Crippen molar-refractivity contribution in [3.63, 3.8) is 0 Å². The van der Waals surface area contributed by atoms with Crippen LogP contribution in [0.15, 0.2) is 35.1 Å². The first kappa shape index (κ1) is 12.7. The van der Waals surface area contributed by atoms with Crippen LogP contribution in [0.5, 0.6) is 0 Å². The van der Waals surface area contributed by atoms with Crippen molar-refractivity contribution in [3.8, 4) is 11.3 Å². The van der Waals surface area contributed by atoms with Crippen LogP contribution in [0.25, 0.3) is 11.3 Å². The molecule has 1 aromatic heterocycles. The smallest absolute Gasteiger partial charge is 0.360 e. The van der Waals surface area contributed by atoms with E-state index in [1.165, 1.54) is 26.3 Å². The van der Waals surface area contributed by atoms with Gasteiger partial charge in [0.25, 0.3) is 0 Å². The van der Waals surface area contributed by atoms with Gasteiger partial charge in [-0.25, -0.2) is 9.78 Å². The molecule has 0 saturated carbocycles. The molecule has 0 bridgehead atoms. The molecule has 0 amide bonds. The maximum Gasteiger partial charge on any atom is 0.360 e. The Morgan fingerprint density at radius 2 is 2.15 bits per heavy atom. The number of rotatable bonds is 3. The summed E-state index contributed by atoms with van der Waals surface area (Å²) in [6.07, 6.45) is 3.71. The fraction of sp³-hybridized carbons (Fsp3) is 0.333. The van der Waals surface area contributed by atoms with E-state index in [4.69, 9.17) is 9.15 Å². The Morgan fingerprint density at radius 1 is 1.35 bits per heavy atom. The molecule has 1 aromatic carbocycles. The lowest BCUT2D eigenvalue weighted by molar-refractivity contribution is 0.0595. The van der Waals surface area contributed by atoms with Crippen molar-refractivity contribution in [1.29, 1.82) is 0 Å². The summed E-state index contributed by atoms with van der Waals surface area (Å²) in [4.78, 5) is 17.9. The summed E-state index contributed by atoms with van der Waals surface area (Å²) in [6.45, 7) is 2.15. The van der Waals surface area contributed by atoms with Crippen molar-refractivity contribution < 1.29 is 13.9 Å². The number of nitrogens with zero attached hydrogens (tertiary/aromatic N) is 2. The van der Waals surface area contributed by atoms with Crippen LogP contribution in [0, 0.1) is 0 Å². The second-order valence-corrected chi connectivity index (χ2v) is 4.77. The Morgan fingerprint density at radius 3 is 2.90 bits per heavy atom. The number of carbonyl (C=O) groups is 1. The molecule has 104 valence electrons. The first-order valence-corrected chi connectivity index (χ1v) is 6.67. The largest absolute Gasteiger partial charge is 0.464 e. The third kappa shape index (κ3) is 2.27. The van der Waals surface area contributed by atoms with Gasteiger partial charge in [-0.2, -0.15) is 0 Å². The second-order valence-electron chi connectivity index (χ2n) is 4.77. The van der Waals surface area contributed by atoms with Crippen LogP contribution >= 0.6 is 0 Å². The molecule has 0 radical (unpaired) electrons. The molecule has 0 aliphatic carbocycles. The first-order valence-electron chi connectivity index (χ1n) is 6.67. The number of hydrogen-bond donors (Lipinski definition) is 0. The lowest BCUT2D eigenvalue weighted by Gasteiger charge is -2.18. The summed E-state index contributed by atoms with van der Waals surface area (Å²) in [5.41, 5.74) is 2.20. The fourth-order valence-electron chi connectivity index (χ4n) is 2.51. The Bertz CT molecular complexity index is 615. The lowest BCUT2D eigenvalue weighted by atomic mass is 10.1. The van der Waals surface area contributed by atoms with Crippen molar-refractivity contribution in [2.75, 3.05) is 25.1 Å². The minimum Gasteiger partial charge on any atom is -0.464 e. The third-order valence-electron chi connectivity index (χ3n) is 3.53. The predicted octanol–water partition coefficient (Wildman–Crippen LogP) is 2.73. The Labute approximate surface area is 117 Å². The molecule has 1 saturated heterocycles. The number of benzene rings is 1. The molecule has 2 heterocycles. The molecule has 5 nitrogen and oxygen atoms in total. The van der Waals surface area contributed by atoms with Gasteiger partial charge in [0.05, 0.1) is 7.11 Å². The molecule has 0 unspecified atom stereocenters. The van der Waals surface area contributed by atoms with E-state index in [1.54, 1.807) is 0 Å². The summed E-state index contributed by atoms with van der Waals surface area (Å²) in [7, 11) is 1.33. The zero-order valence-corrected chi connectivity index (χ0v) is 11.3. The van der Waals surface area contributed by atoms with E-state index in [-0.39, 0.29) is 5.69 Å². The van der Waals surface area contributed by atoms with Crippen LogP contribution in [0.3, 0.4) is 0 Å². The Balaban J connectivity index is 1.96. The molecule has 1 fully saturated rings. The second kappa shape index (κ2) is 5.36. The van der Waals surface area contributed by atoms with Gasteiger partial charge in [-0.05, 0) is 25.0 Å². The summed E-state index contributed by atoms with van der Waals surface area (Å²) >= 11 is 0. The topological polar surface area (TPSA) is 55.6 Å². The molecule has 1 aliphatic rings. The van der Waals surface area contributed by atoms with Crippen molar-refractivity contribution in [2.24, 2.45) is 0 Å². The normalized spacial score (nSPS) is 14.6. The zero-order valence-electron chi connectivity index (χ0n) is 11.3. The third-order valence-corrected chi connectivity index (χ3v) is 3.53. The maximum atomic E-state index is 11.7. The number of aromatic nitrogens is 1. The minimum atomic E-state index is -0.486. The summed E-state index contributed by atoms with van der Waals surface area (Å²) in [5.74, 6) is -0.0294. The standard InChI is InChI=1S/C15H16N2O3/c1-19-15(18)13-14(20-10-16-13)11-5-4-6-12(9-11)17-7-2-3-8-17/h4-6,9-10H,2-3,7-8H2,1H3. The van der Waals surface area contributed by atoms with Gasteiger partial charge in [0.15, 0.2) is 17.8 Å². The highest BCUT2D eigenvalue weighted by Crippen LogP contribution is 2.29. The number of methoxy groups -OCH3 is 1. The van der Waals surface area contributed by atoms with Gasteiger partial charge in [0.2, 0.25) is 0 Å². The lowest BCUT2D eigenvalue weighted by Crippen LogP contribution is -2.17. The summed E-state index contributed by atoms with van der Waals surface area (Å²) < 4.78 is 10.1. The van der Waals surface area contributed by atoms with Crippen molar-refractivity contribution in [2.45, 2.75) is 12.8 Å². The molecule has 0 N–H and O–H groups in total. The van der Waals surface area contributed by atoms with E-state index in [9.17, 15) is 4.79 Å². The molecule has 2 aromatic rings. The molecule has 1 aliphatic heterocycles. The van der Waals surface area contributed by atoms with E-state index in [0.29, 0.717) is 5.76 Å². The molecular formula is C15H16N2O3. The molecule has 20 heavy (non-hydrogen) atoms. The van der Waals surface area contributed by atoms with Crippen LogP contribution in [0.2, 0.25) is 0 Å². The first-order chi connectivity index (χ1) is 9.79. The van der Waals surface area contributed by atoms with Gasteiger partial charge in [-0.3, -0.25) is 0 Å². The highest BCUT2D eigenvalue weighted by atomic mass is 16.5. The van der Waals surface area contributed by atoms with Crippen LogP contribution < -0.4 is 4.90 Å². The van der Waals surface area contributed by atoms with Gasteiger partial charge in [0.1, 0.15) is 0 Å². The van der Waals surface area contributed by atoms with Crippen LogP contribution in [0.4, 0.5) is 5.69 Å². The molecule has 0 atom stereocenters. The van der Waals surface area contributed by atoms with Crippen LogP contribution in [-0.2, 0) is 4.74 Å². The highest BCUT2D eigenvalue weighted by molar-refractivity contribution is 5.93. The highest BCUT2D eigenvalue weighted by Gasteiger charge is 2.20. The Hall–Kier alpha value is -2.30. The Kier molecular flexibility index (Phi) is 3.41. The van der Waals surface area contributed by atoms with Crippen LogP contribution in [-0.4, -0.2) is 31.2 Å². The number of oxazole rings is 1. The molecular weight excluding hydrogens is 256 g/mol. The van der Waals surface area contributed by atoms with Crippen LogP contribution in [0.1, 0.15) is 23.3 Å².